The minimum Gasteiger partial charge on any atom is -0.551 e. The largest absolute Gasteiger partial charge is 0.551 e. The number of nitrogens with two attached hydrogens (primary N) is 1. The number of nitrogens with one attached hydrogen (secondary N) is 1. The van der Waals surface area contributed by atoms with Crippen molar-refractivity contribution in [2.75, 3.05) is 11.9 Å². The first-order chi connectivity index (χ1) is 13.7. The monoisotopic (exact) mass is 372 g/mol. The van der Waals surface area contributed by atoms with E-state index in [-0.39, 0.29) is 12.5 Å². The van der Waals surface area contributed by atoms with Gasteiger partial charge in [0.15, 0.2) is 6.40 Å². The summed E-state index contributed by atoms with van der Waals surface area (Å²) in [7, 11) is 0.347. The van der Waals surface area contributed by atoms with Crippen molar-refractivity contribution >= 4 is 36.3 Å². The van der Waals surface area contributed by atoms with E-state index in [1.54, 1.807) is 24.5 Å². The summed E-state index contributed by atoms with van der Waals surface area (Å²) in [4.78, 5) is 21.1. The Bertz CT molecular complexity index is 1010. The number of carbonyl (C=O) groups excluding carboxylic acids is 1. The van der Waals surface area contributed by atoms with Crippen molar-refractivity contribution in [2.45, 2.75) is 0 Å². The van der Waals surface area contributed by atoms with Gasteiger partial charge in [-0.1, -0.05) is 31.4 Å². The van der Waals surface area contributed by atoms with Crippen molar-refractivity contribution < 1.29 is 9.45 Å². The molecule has 7 heteroatoms. The Morgan fingerprint density at radius 3 is 2.93 bits per heavy atom. The minimum absolute atomic E-state index is 0.141. The SMILES string of the molecule is C=CC1=C(/C=C(\C=C)C(CN)C(=O)Nc2ccc3cnccc3c2)BOC=N1. The van der Waals surface area contributed by atoms with Gasteiger partial charge in [0.05, 0.1) is 11.6 Å². The maximum absolute atomic E-state index is 12.9. The van der Waals surface area contributed by atoms with E-state index >= 15 is 0 Å². The normalized spacial score (nSPS) is 14.8. The van der Waals surface area contributed by atoms with Crippen LogP contribution in [0.5, 0.6) is 0 Å². The number of fused-ring (bicyclic) bond motifs is 1. The molecular formula is C21H21BN4O2. The number of aliphatic imine (C=N–C) groups is 1. The lowest BCUT2D eigenvalue weighted by molar-refractivity contribution is -0.118. The molecule has 0 saturated heterocycles. The summed E-state index contributed by atoms with van der Waals surface area (Å²) >= 11 is 0. The van der Waals surface area contributed by atoms with E-state index in [9.17, 15) is 4.79 Å². The highest BCUT2D eigenvalue weighted by atomic mass is 16.4. The third kappa shape index (κ3) is 4.27. The Balaban J connectivity index is 1.85. The number of allylic oxidation sites excluding steroid dienone is 4. The van der Waals surface area contributed by atoms with Crippen LogP contribution in [0, 0.1) is 5.92 Å². The van der Waals surface area contributed by atoms with E-state index in [1.165, 1.54) is 6.40 Å². The number of benzene rings is 1. The molecule has 1 aliphatic rings. The van der Waals surface area contributed by atoms with Crippen LogP contribution in [0.1, 0.15) is 0 Å². The number of nitrogens with zero attached hydrogens (tertiary/aromatic N) is 2. The fraction of sp³-hybridized carbons (Fsp3) is 0.0952. The van der Waals surface area contributed by atoms with Crippen LogP contribution in [0.15, 0.2) is 89.8 Å². The van der Waals surface area contributed by atoms with Crippen LogP contribution in [0.2, 0.25) is 0 Å². The molecule has 3 rings (SSSR count). The van der Waals surface area contributed by atoms with E-state index in [4.69, 9.17) is 10.4 Å². The van der Waals surface area contributed by atoms with Crippen LogP contribution in [-0.4, -0.2) is 31.3 Å². The zero-order valence-corrected chi connectivity index (χ0v) is 15.5. The van der Waals surface area contributed by atoms with Gasteiger partial charge in [-0.05, 0) is 40.7 Å². The predicted octanol–water partition coefficient (Wildman–Crippen LogP) is 2.67. The Hall–Kier alpha value is -3.45. The molecule has 1 aromatic carbocycles. The molecule has 2 heterocycles. The molecule has 0 saturated carbocycles. The number of hydrogen-bond acceptors (Lipinski definition) is 5. The van der Waals surface area contributed by atoms with E-state index in [1.807, 2.05) is 30.3 Å². The lowest BCUT2D eigenvalue weighted by atomic mass is 9.81. The molecule has 0 aliphatic carbocycles. The Morgan fingerprint density at radius 1 is 1.32 bits per heavy atom. The Morgan fingerprint density at radius 2 is 2.18 bits per heavy atom. The highest BCUT2D eigenvalue weighted by Crippen LogP contribution is 2.22. The standard InChI is InChI=1S/C21H21BN4O2/c1-3-14(10-19-20(4-2)25-13-28-22-19)18(11-23)21(27)26-17-6-5-16-12-24-8-7-15(16)9-17/h3-10,12-13,18,22H,1-2,11,23H2,(H,26,27)/b14-10+. The predicted molar refractivity (Wildman–Crippen MR) is 115 cm³/mol. The molecule has 1 aromatic heterocycles. The molecule has 1 unspecified atom stereocenters. The average molecular weight is 372 g/mol. The van der Waals surface area contributed by atoms with Gasteiger partial charge in [-0.25, -0.2) is 4.99 Å². The highest BCUT2D eigenvalue weighted by Gasteiger charge is 2.21. The van der Waals surface area contributed by atoms with Crippen LogP contribution in [0.3, 0.4) is 0 Å². The van der Waals surface area contributed by atoms with Crippen molar-refractivity contribution in [3.05, 3.63) is 84.8 Å². The van der Waals surface area contributed by atoms with Crippen molar-refractivity contribution in [3.8, 4) is 0 Å². The van der Waals surface area contributed by atoms with Crippen LogP contribution in [-0.2, 0) is 9.45 Å². The van der Waals surface area contributed by atoms with E-state index < -0.39 is 5.92 Å². The first-order valence-corrected chi connectivity index (χ1v) is 8.84. The molecule has 0 fully saturated rings. The van der Waals surface area contributed by atoms with Crippen LogP contribution < -0.4 is 11.1 Å². The third-order valence-electron chi connectivity index (χ3n) is 4.47. The fourth-order valence-electron chi connectivity index (χ4n) is 2.97. The highest BCUT2D eigenvalue weighted by molar-refractivity contribution is 6.42. The molecule has 6 nitrogen and oxygen atoms in total. The summed E-state index contributed by atoms with van der Waals surface area (Å²) < 4.78 is 5.26. The maximum atomic E-state index is 12.9. The molecule has 1 atom stereocenters. The zero-order chi connectivity index (χ0) is 19.9. The minimum atomic E-state index is -0.560. The molecule has 2 aromatic rings. The van der Waals surface area contributed by atoms with Crippen LogP contribution in [0.4, 0.5) is 5.69 Å². The van der Waals surface area contributed by atoms with Crippen molar-refractivity contribution in [3.63, 3.8) is 0 Å². The molecule has 1 amide bonds. The summed E-state index contributed by atoms with van der Waals surface area (Å²) in [6.45, 7) is 7.74. The number of hydrogen-bond donors (Lipinski definition) is 2. The Labute approximate surface area is 164 Å². The van der Waals surface area contributed by atoms with Gasteiger partial charge in [-0.15, -0.1) is 0 Å². The molecule has 0 bridgehead atoms. The summed E-state index contributed by atoms with van der Waals surface area (Å²) in [5.41, 5.74) is 8.82. The molecule has 1 aliphatic heterocycles. The average Bonchev–Trinajstić information content (AvgIpc) is 2.73. The second-order valence-corrected chi connectivity index (χ2v) is 6.22. The second-order valence-electron chi connectivity index (χ2n) is 6.22. The van der Waals surface area contributed by atoms with Crippen molar-refractivity contribution in [2.24, 2.45) is 16.6 Å². The lowest BCUT2D eigenvalue weighted by Crippen LogP contribution is -2.30. The van der Waals surface area contributed by atoms with Crippen LogP contribution in [0.25, 0.3) is 10.8 Å². The summed E-state index contributed by atoms with van der Waals surface area (Å²) in [6, 6.07) is 7.56. The lowest BCUT2D eigenvalue weighted by Gasteiger charge is -2.18. The fourth-order valence-corrected chi connectivity index (χ4v) is 2.97. The van der Waals surface area contributed by atoms with Gasteiger partial charge in [-0.2, -0.15) is 0 Å². The molecular weight excluding hydrogens is 351 g/mol. The number of amides is 1. The second kappa shape index (κ2) is 8.97. The van der Waals surface area contributed by atoms with Gasteiger partial charge >= 0.3 is 7.48 Å². The number of pyridine rings is 1. The molecule has 0 spiro atoms. The number of aromatic nitrogens is 1. The van der Waals surface area contributed by atoms with Crippen molar-refractivity contribution in [1.82, 2.24) is 4.98 Å². The summed E-state index contributed by atoms with van der Waals surface area (Å²) in [5.74, 6) is -0.766. The molecule has 0 radical (unpaired) electrons. The first kappa shape index (κ1) is 19.3. The first-order valence-electron chi connectivity index (χ1n) is 8.84. The van der Waals surface area contributed by atoms with Gasteiger partial charge in [0, 0.05) is 30.0 Å². The quantitative estimate of drug-likeness (QED) is 0.578. The summed E-state index contributed by atoms with van der Waals surface area (Å²) in [5, 5.41) is 4.94. The molecule has 3 N–H and O–H groups in total. The van der Waals surface area contributed by atoms with E-state index in [0.717, 1.165) is 16.2 Å². The van der Waals surface area contributed by atoms with Gasteiger partial charge in [-0.3, -0.25) is 9.78 Å². The Kier molecular flexibility index (Phi) is 6.19. The van der Waals surface area contributed by atoms with Gasteiger partial charge < -0.3 is 15.7 Å². The summed E-state index contributed by atoms with van der Waals surface area (Å²) in [6.07, 6.45) is 9.99. The van der Waals surface area contributed by atoms with E-state index in [0.29, 0.717) is 24.4 Å². The molecule has 140 valence electrons. The maximum Gasteiger partial charge on any atom is 0.377 e. The number of carbonyl (C=O) groups is 1. The zero-order valence-electron chi connectivity index (χ0n) is 15.5. The number of anilines is 1. The third-order valence-corrected chi connectivity index (χ3v) is 4.47. The topological polar surface area (TPSA) is 89.6 Å². The molecule has 28 heavy (non-hydrogen) atoms. The van der Waals surface area contributed by atoms with Gasteiger partial charge in [0.25, 0.3) is 0 Å². The smallest absolute Gasteiger partial charge is 0.377 e. The van der Waals surface area contributed by atoms with Crippen molar-refractivity contribution in [1.29, 1.82) is 0 Å². The van der Waals surface area contributed by atoms with Gasteiger partial charge in [0.2, 0.25) is 5.91 Å². The van der Waals surface area contributed by atoms with E-state index in [2.05, 4.69) is 28.5 Å². The van der Waals surface area contributed by atoms with Gasteiger partial charge in [0.1, 0.15) is 0 Å². The number of rotatable bonds is 7. The van der Waals surface area contributed by atoms with Crippen LogP contribution >= 0.6 is 0 Å².